The van der Waals surface area contributed by atoms with Gasteiger partial charge in [0.15, 0.2) is 0 Å². The summed E-state index contributed by atoms with van der Waals surface area (Å²) in [6.07, 6.45) is 6.25. The third kappa shape index (κ3) is 3.40. The van der Waals surface area contributed by atoms with E-state index >= 15 is 0 Å². The van der Waals surface area contributed by atoms with Gasteiger partial charge in [0, 0.05) is 6.04 Å². The SMILES string of the molecule is CC1CCCC(Nc2cc(C#N)ccc2Cl)CC1. The van der Waals surface area contributed by atoms with Gasteiger partial charge in [-0.3, -0.25) is 0 Å². The minimum Gasteiger partial charge on any atom is -0.381 e. The number of nitriles is 1. The molecule has 2 unspecified atom stereocenters. The van der Waals surface area contributed by atoms with Crippen molar-refractivity contribution in [3.63, 3.8) is 0 Å². The summed E-state index contributed by atoms with van der Waals surface area (Å²) >= 11 is 6.17. The van der Waals surface area contributed by atoms with Crippen molar-refractivity contribution in [2.45, 2.75) is 45.1 Å². The van der Waals surface area contributed by atoms with Crippen molar-refractivity contribution in [1.29, 1.82) is 5.26 Å². The van der Waals surface area contributed by atoms with Crippen molar-refractivity contribution >= 4 is 17.3 Å². The van der Waals surface area contributed by atoms with Crippen LogP contribution < -0.4 is 5.32 Å². The molecule has 0 bridgehead atoms. The molecule has 1 aromatic carbocycles. The maximum atomic E-state index is 8.92. The summed E-state index contributed by atoms with van der Waals surface area (Å²) in [4.78, 5) is 0. The highest BCUT2D eigenvalue weighted by atomic mass is 35.5. The highest BCUT2D eigenvalue weighted by Gasteiger charge is 2.16. The lowest BCUT2D eigenvalue weighted by Crippen LogP contribution is -2.18. The molecule has 1 aliphatic rings. The summed E-state index contributed by atoms with van der Waals surface area (Å²) in [7, 11) is 0. The van der Waals surface area contributed by atoms with Gasteiger partial charge in [-0.2, -0.15) is 5.26 Å². The van der Waals surface area contributed by atoms with E-state index in [1.807, 2.05) is 6.07 Å². The average molecular weight is 263 g/mol. The number of hydrogen-bond acceptors (Lipinski definition) is 2. The monoisotopic (exact) mass is 262 g/mol. The summed E-state index contributed by atoms with van der Waals surface area (Å²) in [6.45, 7) is 2.33. The first-order chi connectivity index (χ1) is 8.69. The van der Waals surface area contributed by atoms with E-state index in [4.69, 9.17) is 16.9 Å². The van der Waals surface area contributed by atoms with Gasteiger partial charge in [0.25, 0.3) is 0 Å². The molecule has 18 heavy (non-hydrogen) atoms. The van der Waals surface area contributed by atoms with E-state index in [0.29, 0.717) is 16.6 Å². The van der Waals surface area contributed by atoms with Crippen LogP contribution in [0.3, 0.4) is 0 Å². The average Bonchev–Trinajstić information content (AvgIpc) is 2.57. The normalized spacial score (nSPS) is 24.1. The van der Waals surface area contributed by atoms with Crippen molar-refractivity contribution in [2.75, 3.05) is 5.32 Å². The van der Waals surface area contributed by atoms with E-state index in [1.54, 1.807) is 12.1 Å². The lowest BCUT2D eigenvalue weighted by molar-refractivity contribution is 0.502. The van der Waals surface area contributed by atoms with Crippen molar-refractivity contribution in [3.05, 3.63) is 28.8 Å². The molecule has 1 N–H and O–H groups in total. The molecule has 1 aliphatic carbocycles. The molecule has 0 aromatic heterocycles. The lowest BCUT2D eigenvalue weighted by atomic mass is 10.0. The third-order valence-electron chi connectivity index (χ3n) is 3.71. The Morgan fingerprint density at radius 2 is 2.11 bits per heavy atom. The zero-order valence-corrected chi connectivity index (χ0v) is 11.5. The first-order valence-electron chi connectivity index (χ1n) is 6.65. The van der Waals surface area contributed by atoms with Crippen molar-refractivity contribution in [1.82, 2.24) is 0 Å². The van der Waals surface area contributed by atoms with Gasteiger partial charge in [0.05, 0.1) is 22.3 Å². The Morgan fingerprint density at radius 3 is 2.89 bits per heavy atom. The van der Waals surface area contributed by atoms with E-state index in [9.17, 15) is 0 Å². The fourth-order valence-corrected chi connectivity index (χ4v) is 2.73. The van der Waals surface area contributed by atoms with Crippen LogP contribution in [-0.2, 0) is 0 Å². The first-order valence-corrected chi connectivity index (χ1v) is 7.03. The predicted octanol–water partition coefficient (Wildman–Crippen LogP) is 4.59. The molecule has 1 fully saturated rings. The molecule has 2 nitrogen and oxygen atoms in total. The summed E-state index contributed by atoms with van der Waals surface area (Å²) < 4.78 is 0. The van der Waals surface area contributed by atoms with E-state index in [1.165, 1.54) is 32.1 Å². The first kappa shape index (κ1) is 13.2. The van der Waals surface area contributed by atoms with Crippen molar-refractivity contribution < 1.29 is 0 Å². The number of benzene rings is 1. The number of hydrogen-bond donors (Lipinski definition) is 1. The Labute approximate surface area is 114 Å². The van der Waals surface area contributed by atoms with Gasteiger partial charge in [0.1, 0.15) is 0 Å². The summed E-state index contributed by atoms with van der Waals surface area (Å²) in [6, 6.07) is 8.03. The highest BCUT2D eigenvalue weighted by molar-refractivity contribution is 6.33. The third-order valence-corrected chi connectivity index (χ3v) is 4.04. The van der Waals surface area contributed by atoms with Crippen LogP contribution in [-0.4, -0.2) is 6.04 Å². The van der Waals surface area contributed by atoms with Gasteiger partial charge in [-0.05, 0) is 43.4 Å². The quantitative estimate of drug-likeness (QED) is 0.791. The topological polar surface area (TPSA) is 35.8 Å². The molecule has 2 atom stereocenters. The van der Waals surface area contributed by atoms with E-state index in [2.05, 4.69) is 18.3 Å². The number of halogens is 1. The summed E-state index contributed by atoms with van der Waals surface area (Å²) in [5, 5.41) is 13.1. The number of nitrogens with zero attached hydrogens (tertiary/aromatic N) is 1. The maximum Gasteiger partial charge on any atom is 0.0992 e. The maximum absolute atomic E-state index is 8.92. The number of rotatable bonds is 2. The Bertz CT molecular complexity index is 450. The molecular weight excluding hydrogens is 244 g/mol. The molecule has 0 aliphatic heterocycles. The zero-order valence-electron chi connectivity index (χ0n) is 10.7. The number of nitrogens with one attached hydrogen (secondary N) is 1. The second kappa shape index (κ2) is 6.11. The lowest BCUT2D eigenvalue weighted by Gasteiger charge is -2.19. The number of anilines is 1. The van der Waals surface area contributed by atoms with Gasteiger partial charge >= 0.3 is 0 Å². The molecule has 96 valence electrons. The van der Waals surface area contributed by atoms with Crippen LogP contribution in [0.25, 0.3) is 0 Å². The molecule has 0 amide bonds. The van der Waals surface area contributed by atoms with Gasteiger partial charge < -0.3 is 5.32 Å². The molecule has 1 saturated carbocycles. The van der Waals surface area contributed by atoms with Crippen LogP contribution in [0.15, 0.2) is 18.2 Å². The van der Waals surface area contributed by atoms with Crippen LogP contribution in [0, 0.1) is 17.2 Å². The van der Waals surface area contributed by atoms with Crippen molar-refractivity contribution in [3.8, 4) is 6.07 Å². The van der Waals surface area contributed by atoms with Gasteiger partial charge in [-0.1, -0.05) is 31.4 Å². The smallest absolute Gasteiger partial charge is 0.0992 e. The van der Waals surface area contributed by atoms with Crippen LogP contribution in [0.2, 0.25) is 5.02 Å². The minimum atomic E-state index is 0.487. The highest BCUT2D eigenvalue weighted by Crippen LogP contribution is 2.28. The zero-order chi connectivity index (χ0) is 13.0. The Balaban J connectivity index is 2.06. The Hall–Kier alpha value is -1.20. The second-order valence-electron chi connectivity index (χ2n) is 5.26. The molecule has 0 spiro atoms. The van der Waals surface area contributed by atoms with Gasteiger partial charge in [-0.15, -0.1) is 0 Å². The fraction of sp³-hybridized carbons (Fsp3) is 0.533. The second-order valence-corrected chi connectivity index (χ2v) is 5.67. The van der Waals surface area contributed by atoms with E-state index < -0.39 is 0 Å². The van der Waals surface area contributed by atoms with Crippen LogP contribution in [0.1, 0.15) is 44.6 Å². The van der Waals surface area contributed by atoms with E-state index in [0.717, 1.165) is 11.6 Å². The Kier molecular flexibility index (Phi) is 4.49. The molecule has 2 rings (SSSR count). The molecule has 0 saturated heterocycles. The van der Waals surface area contributed by atoms with Gasteiger partial charge in [-0.25, -0.2) is 0 Å². The minimum absolute atomic E-state index is 0.487. The van der Waals surface area contributed by atoms with Gasteiger partial charge in [0.2, 0.25) is 0 Å². The van der Waals surface area contributed by atoms with Crippen LogP contribution in [0.5, 0.6) is 0 Å². The molecule has 0 radical (unpaired) electrons. The molecular formula is C15H19ClN2. The fourth-order valence-electron chi connectivity index (χ4n) is 2.56. The largest absolute Gasteiger partial charge is 0.381 e. The molecule has 0 heterocycles. The summed E-state index contributed by atoms with van der Waals surface area (Å²) in [5.41, 5.74) is 1.55. The van der Waals surface area contributed by atoms with Crippen LogP contribution in [0.4, 0.5) is 5.69 Å². The van der Waals surface area contributed by atoms with E-state index in [-0.39, 0.29) is 0 Å². The van der Waals surface area contributed by atoms with Crippen LogP contribution >= 0.6 is 11.6 Å². The Morgan fingerprint density at radius 1 is 1.28 bits per heavy atom. The van der Waals surface area contributed by atoms with Crippen molar-refractivity contribution in [2.24, 2.45) is 5.92 Å². The molecule has 3 heteroatoms. The molecule has 1 aromatic rings. The standard InChI is InChI=1S/C15H19ClN2/c1-11-3-2-4-13(7-5-11)18-15-9-12(10-17)6-8-14(15)16/h6,8-9,11,13,18H,2-5,7H2,1H3. The summed E-state index contributed by atoms with van der Waals surface area (Å²) in [5.74, 6) is 0.831. The predicted molar refractivity (Wildman–Crippen MR) is 75.8 cm³/mol.